The van der Waals surface area contributed by atoms with Crippen LogP contribution in [0.25, 0.3) is 0 Å². The van der Waals surface area contributed by atoms with Crippen LogP contribution in [-0.4, -0.2) is 35.6 Å². The summed E-state index contributed by atoms with van der Waals surface area (Å²) in [7, 11) is 0. The van der Waals surface area contributed by atoms with Crippen LogP contribution in [0.3, 0.4) is 0 Å². The Hall–Kier alpha value is -3.00. The van der Waals surface area contributed by atoms with Crippen LogP contribution in [0.5, 0.6) is 11.5 Å². The third kappa shape index (κ3) is 4.10. The number of aromatic hydroxyl groups is 1. The molecule has 25 heavy (non-hydrogen) atoms. The molecule has 1 aliphatic heterocycles. The molecule has 0 bridgehead atoms. The summed E-state index contributed by atoms with van der Waals surface area (Å²) >= 11 is 0. The predicted octanol–water partition coefficient (Wildman–Crippen LogP) is 3.05. The summed E-state index contributed by atoms with van der Waals surface area (Å²) in [6, 6.07) is 16.3. The molecule has 128 valence electrons. The highest BCUT2D eigenvalue weighted by atomic mass is 16.5. The topological polar surface area (TPSA) is 73.6 Å². The fraction of sp³-hybridized carbons (Fsp3) is 0.300. The number of hydrogen-bond acceptors (Lipinski definition) is 4. The van der Waals surface area contributed by atoms with Gasteiger partial charge in [-0.15, -0.1) is 0 Å². The Balaban J connectivity index is 1.51. The van der Waals surface area contributed by atoms with Crippen LogP contribution < -0.4 is 4.74 Å². The van der Waals surface area contributed by atoms with Crippen molar-refractivity contribution in [2.75, 3.05) is 19.7 Å². The van der Waals surface area contributed by atoms with Gasteiger partial charge in [0, 0.05) is 13.1 Å². The lowest BCUT2D eigenvalue weighted by molar-refractivity contribution is -0.134. The van der Waals surface area contributed by atoms with Crippen LogP contribution in [0, 0.1) is 11.3 Å². The van der Waals surface area contributed by atoms with Gasteiger partial charge in [0.15, 0.2) is 6.61 Å². The third-order valence-corrected chi connectivity index (χ3v) is 4.57. The number of ether oxygens (including phenoxy) is 1. The molecule has 0 spiro atoms. The molecular formula is C20H20N2O3. The molecule has 0 radical (unpaired) electrons. The second-order valence-corrected chi connectivity index (χ2v) is 6.14. The first kappa shape index (κ1) is 16.8. The molecule has 3 rings (SSSR count). The van der Waals surface area contributed by atoms with Gasteiger partial charge >= 0.3 is 0 Å². The van der Waals surface area contributed by atoms with E-state index in [9.17, 15) is 9.90 Å². The summed E-state index contributed by atoms with van der Waals surface area (Å²) in [4.78, 5) is 14.2. The number of piperidine rings is 1. The number of phenols is 1. The monoisotopic (exact) mass is 336 g/mol. The Morgan fingerprint density at radius 1 is 1.16 bits per heavy atom. The van der Waals surface area contributed by atoms with Gasteiger partial charge in [0.2, 0.25) is 0 Å². The van der Waals surface area contributed by atoms with Gasteiger partial charge in [0.05, 0.1) is 5.56 Å². The fourth-order valence-electron chi connectivity index (χ4n) is 3.12. The zero-order valence-corrected chi connectivity index (χ0v) is 13.9. The van der Waals surface area contributed by atoms with Crippen molar-refractivity contribution in [3.8, 4) is 17.6 Å². The van der Waals surface area contributed by atoms with Crippen LogP contribution in [-0.2, 0) is 4.79 Å². The summed E-state index contributed by atoms with van der Waals surface area (Å²) in [5.74, 6) is 1.06. The molecule has 0 aromatic heterocycles. The van der Waals surface area contributed by atoms with Crippen LogP contribution in [0.4, 0.5) is 0 Å². The number of nitrogens with zero attached hydrogens (tertiary/aromatic N) is 2. The Morgan fingerprint density at radius 3 is 2.52 bits per heavy atom. The van der Waals surface area contributed by atoms with E-state index in [1.54, 1.807) is 36.4 Å². The highest BCUT2D eigenvalue weighted by Crippen LogP contribution is 2.29. The van der Waals surface area contributed by atoms with Crippen LogP contribution >= 0.6 is 0 Å². The third-order valence-electron chi connectivity index (χ3n) is 4.57. The number of carbonyl (C=O) groups is 1. The SMILES string of the molecule is N#Cc1ccccc1OCC(=O)N1CCC(c2ccc(O)cc2)CC1. The predicted molar refractivity (Wildman–Crippen MR) is 93.3 cm³/mol. The first-order valence-corrected chi connectivity index (χ1v) is 8.36. The average molecular weight is 336 g/mol. The molecule has 0 unspecified atom stereocenters. The van der Waals surface area contributed by atoms with E-state index in [0.29, 0.717) is 30.3 Å². The fourth-order valence-corrected chi connectivity index (χ4v) is 3.12. The first-order chi connectivity index (χ1) is 12.2. The highest BCUT2D eigenvalue weighted by Gasteiger charge is 2.24. The minimum Gasteiger partial charge on any atom is -0.508 e. The molecule has 5 nitrogen and oxygen atoms in total. The van der Waals surface area contributed by atoms with E-state index < -0.39 is 0 Å². The smallest absolute Gasteiger partial charge is 0.260 e. The standard InChI is InChI=1S/C20H20N2O3/c21-13-17-3-1-2-4-19(17)25-14-20(24)22-11-9-16(10-12-22)15-5-7-18(23)8-6-15/h1-8,16,23H,9-12,14H2. The lowest BCUT2D eigenvalue weighted by Gasteiger charge is -2.32. The molecular weight excluding hydrogens is 316 g/mol. The Morgan fingerprint density at radius 2 is 1.84 bits per heavy atom. The van der Waals surface area contributed by atoms with Crippen molar-refractivity contribution in [3.05, 3.63) is 59.7 Å². The average Bonchev–Trinajstić information content (AvgIpc) is 2.67. The van der Waals surface area contributed by atoms with Crippen LogP contribution in [0.1, 0.15) is 29.9 Å². The molecule has 1 N–H and O–H groups in total. The van der Waals surface area contributed by atoms with Gasteiger partial charge < -0.3 is 14.7 Å². The van der Waals surface area contributed by atoms with E-state index in [1.165, 1.54) is 5.56 Å². The lowest BCUT2D eigenvalue weighted by Crippen LogP contribution is -2.40. The van der Waals surface area contributed by atoms with E-state index in [4.69, 9.17) is 10.00 Å². The normalized spacial score (nSPS) is 14.8. The number of amides is 1. The molecule has 2 aromatic carbocycles. The van der Waals surface area contributed by atoms with Gasteiger partial charge in [0.25, 0.3) is 5.91 Å². The molecule has 1 saturated heterocycles. The Kier molecular flexibility index (Phi) is 5.20. The molecule has 1 heterocycles. The lowest BCUT2D eigenvalue weighted by atomic mass is 9.89. The number of benzene rings is 2. The van der Waals surface area contributed by atoms with Gasteiger partial charge in [-0.25, -0.2) is 0 Å². The molecule has 1 amide bonds. The number of para-hydroxylation sites is 1. The maximum Gasteiger partial charge on any atom is 0.260 e. The number of phenolic OH excluding ortho intramolecular Hbond substituents is 1. The van der Waals surface area contributed by atoms with Crippen molar-refractivity contribution < 1.29 is 14.6 Å². The molecule has 0 saturated carbocycles. The summed E-state index contributed by atoms with van der Waals surface area (Å²) in [6.07, 6.45) is 1.79. The van der Waals surface area contributed by atoms with E-state index in [2.05, 4.69) is 6.07 Å². The Labute approximate surface area is 147 Å². The van der Waals surface area contributed by atoms with Crippen molar-refractivity contribution in [1.29, 1.82) is 5.26 Å². The van der Waals surface area contributed by atoms with Gasteiger partial charge in [0.1, 0.15) is 17.6 Å². The van der Waals surface area contributed by atoms with E-state index in [0.717, 1.165) is 12.8 Å². The molecule has 2 aromatic rings. The molecule has 5 heteroatoms. The zero-order valence-electron chi connectivity index (χ0n) is 13.9. The zero-order chi connectivity index (χ0) is 17.6. The summed E-state index contributed by atoms with van der Waals surface area (Å²) in [5.41, 5.74) is 1.63. The second-order valence-electron chi connectivity index (χ2n) is 6.14. The molecule has 0 aliphatic carbocycles. The first-order valence-electron chi connectivity index (χ1n) is 8.36. The van der Waals surface area contributed by atoms with E-state index in [1.807, 2.05) is 17.0 Å². The number of rotatable bonds is 4. The number of hydrogen-bond donors (Lipinski definition) is 1. The number of carbonyl (C=O) groups excluding carboxylic acids is 1. The summed E-state index contributed by atoms with van der Waals surface area (Å²) in [6.45, 7) is 1.32. The van der Waals surface area contributed by atoms with Gasteiger partial charge in [-0.05, 0) is 48.6 Å². The van der Waals surface area contributed by atoms with Gasteiger partial charge in [-0.1, -0.05) is 24.3 Å². The van der Waals surface area contributed by atoms with Crippen molar-refractivity contribution >= 4 is 5.91 Å². The summed E-state index contributed by atoms with van der Waals surface area (Å²) < 4.78 is 5.53. The van der Waals surface area contributed by atoms with Crippen LogP contribution in [0.15, 0.2) is 48.5 Å². The maximum atomic E-state index is 12.3. The minimum atomic E-state index is -0.0584. The van der Waals surface area contributed by atoms with E-state index in [-0.39, 0.29) is 18.3 Å². The summed E-state index contributed by atoms with van der Waals surface area (Å²) in [5, 5.41) is 18.4. The van der Waals surface area contributed by atoms with Crippen molar-refractivity contribution in [2.45, 2.75) is 18.8 Å². The largest absolute Gasteiger partial charge is 0.508 e. The maximum absolute atomic E-state index is 12.3. The number of likely N-dealkylation sites (tertiary alicyclic amines) is 1. The van der Waals surface area contributed by atoms with Gasteiger partial charge in [-0.2, -0.15) is 5.26 Å². The number of nitriles is 1. The Bertz CT molecular complexity index is 772. The molecule has 1 aliphatic rings. The van der Waals surface area contributed by atoms with E-state index >= 15 is 0 Å². The van der Waals surface area contributed by atoms with Crippen molar-refractivity contribution in [1.82, 2.24) is 4.90 Å². The quantitative estimate of drug-likeness (QED) is 0.931. The second kappa shape index (κ2) is 7.71. The molecule has 1 fully saturated rings. The highest BCUT2D eigenvalue weighted by molar-refractivity contribution is 5.78. The van der Waals surface area contributed by atoms with Crippen molar-refractivity contribution in [2.24, 2.45) is 0 Å². The van der Waals surface area contributed by atoms with Crippen LogP contribution in [0.2, 0.25) is 0 Å². The van der Waals surface area contributed by atoms with Crippen molar-refractivity contribution in [3.63, 3.8) is 0 Å². The molecule has 0 atom stereocenters. The minimum absolute atomic E-state index is 0.0530. The van der Waals surface area contributed by atoms with Gasteiger partial charge in [-0.3, -0.25) is 4.79 Å².